The Labute approximate surface area is 98.4 Å². The summed E-state index contributed by atoms with van der Waals surface area (Å²) in [6, 6.07) is 4.54. The van der Waals surface area contributed by atoms with E-state index in [-0.39, 0.29) is 18.5 Å². The van der Waals surface area contributed by atoms with Gasteiger partial charge in [0.2, 0.25) is 0 Å². The Kier molecular flexibility index (Phi) is 3.44. The maximum atomic E-state index is 13.7. The highest BCUT2D eigenvalue weighted by Gasteiger charge is 2.33. The number of likely N-dealkylation sites (N-methyl/N-ethyl adjacent to an activating group) is 1. The molecular weight excluding hydrogens is 233 g/mol. The van der Waals surface area contributed by atoms with Crippen molar-refractivity contribution in [3.05, 3.63) is 34.6 Å². The number of nitrogens with zero attached hydrogens (tertiary/aromatic N) is 1. The van der Waals surface area contributed by atoms with Crippen LogP contribution >= 0.6 is 11.6 Å². The van der Waals surface area contributed by atoms with Crippen molar-refractivity contribution in [1.29, 1.82) is 0 Å². The van der Waals surface area contributed by atoms with Crippen LogP contribution in [0.15, 0.2) is 18.2 Å². The van der Waals surface area contributed by atoms with Gasteiger partial charge in [0.25, 0.3) is 0 Å². The van der Waals surface area contributed by atoms with E-state index in [9.17, 15) is 4.39 Å². The van der Waals surface area contributed by atoms with E-state index < -0.39 is 6.23 Å². The minimum absolute atomic E-state index is 0.0765. The summed E-state index contributed by atoms with van der Waals surface area (Å²) in [6.07, 6.45) is -0.809. The van der Waals surface area contributed by atoms with E-state index in [1.165, 1.54) is 6.07 Å². The molecule has 1 fully saturated rings. The lowest BCUT2D eigenvalue weighted by Gasteiger charge is -2.19. The summed E-state index contributed by atoms with van der Waals surface area (Å²) in [6.45, 7) is 0.485. The van der Waals surface area contributed by atoms with Gasteiger partial charge in [-0.2, -0.15) is 0 Å². The summed E-state index contributed by atoms with van der Waals surface area (Å²) in [5, 5.41) is 9.35. The van der Waals surface area contributed by atoms with Crippen molar-refractivity contribution in [1.82, 2.24) is 4.90 Å². The molecule has 1 aromatic rings. The minimum Gasteiger partial charge on any atom is -0.394 e. The third kappa shape index (κ3) is 2.06. The number of rotatable bonds is 2. The number of benzene rings is 1. The van der Waals surface area contributed by atoms with Gasteiger partial charge in [-0.05, 0) is 19.2 Å². The predicted octanol–water partition coefficient (Wildman–Crippen LogP) is 1.80. The Hall–Kier alpha value is -0.680. The van der Waals surface area contributed by atoms with E-state index in [4.69, 9.17) is 21.4 Å². The molecule has 3 nitrogen and oxygen atoms in total. The van der Waals surface area contributed by atoms with Crippen LogP contribution in [0.4, 0.5) is 4.39 Å². The zero-order valence-electron chi connectivity index (χ0n) is 8.86. The van der Waals surface area contributed by atoms with Gasteiger partial charge in [-0.15, -0.1) is 0 Å². The molecule has 1 aromatic carbocycles. The summed E-state index contributed by atoms with van der Waals surface area (Å²) in [5.74, 6) is -0.386. The highest BCUT2D eigenvalue weighted by atomic mass is 35.5. The highest BCUT2D eigenvalue weighted by molar-refractivity contribution is 6.31. The molecule has 0 amide bonds. The topological polar surface area (TPSA) is 32.7 Å². The third-order valence-electron chi connectivity index (χ3n) is 2.66. The lowest BCUT2D eigenvalue weighted by molar-refractivity contribution is -0.0156. The van der Waals surface area contributed by atoms with Crippen molar-refractivity contribution in [3.8, 4) is 0 Å². The van der Waals surface area contributed by atoms with E-state index in [1.54, 1.807) is 12.1 Å². The quantitative estimate of drug-likeness (QED) is 0.863. The second kappa shape index (κ2) is 4.67. The summed E-state index contributed by atoms with van der Waals surface area (Å²) in [7, 11) is 1.81. The van der Waals surface area contributed by atoms with Crippen LogP contribution in [-0.2, 0) is 4.74 Å². The van der Waals surface area contributed by atoms with Crippen LogP contribution in [0.2, 0.25) is 5.02 Å². The second-order valence-electron chi connectivity index (χ2n) is 3.87. The SMILES string of the molecule is CN1CC(CO)OC1c1c(F)cccc1Cl. The summed E-state index contributed by atoms with van der Waals surface area (Å²) < 4.78 is 19.2. The normalized spacial score (nSPS) is 26.2. The lowest BCUT2D eigenvalue weighted by atomic mass is 10.2. The first-order chi connectivity index (χ1) is 7.63. The molecule has 0 aromatic heterocycles. The molecule has 0 aliphatic carbocycles. The number of hydrogen-bond acceptors (Lipinski definition) is 3. The average Bonchev–Trinajstić information content (AvgIpc) is 2.60. The fraction of sp³-hybridized carbons (Fsp3) is 0.455. The minimum atomic E-state index is -0.522. The van der Waals surface area contributed by atoms with Gasteiger partial charge in [-0.25, -0.2) is 4.39 Å². The van der Waals surface area contributed by atoms with Crippen LogP contribution in [0.1, 0.15) is 11.8 Å². The molecule has 0 radical (unpaired) electrons. The van der Waals surface area contributed by atoms with Crippen LogP contribution in [0.5, 0.6) is 0 Å². The van der Waals surface area contributed by atoms with Crippen LogP contribution < -0.4 is 0 Å². The van der Waals surface area contributed by atoms with Crippen molar-refractivity contribution in [2.75, 3.05) is 20.2 Å². The van der Waals surface area contributed by atoms with Crippen molar-refractivity contribution in [2.45, 2.75) is 12.3 Å². The molecule has 5 heteroatoms. The highest BCUT2D eigenvalue weighted by Crippen LogP contribution is 2.34. The number of hydrogen-bond donors (Lipinski definition) is 1. The average molecular weight is 246 g/mol. The number of halogens is 2. The molecule has 0 bridgehead atoms. The molecule has 1 heterocycles. The summed E-state index contributed by atoms with van der Waals surface area (Å²) in [5.41, 5.74) is 0.336. The molecular formula is C11H13ClFNO2. The summed E-state index contributed by atoms with van der Waals surface area (Å²) in [4.78, 5) is 1.82. The molecule has 2 unspecified atom stereocenters. The predicted molar refractivity (Wildman–Crippen MR) is 58.7 cm³/mol. The smallest absolute Gasteiger partial charge is 0.141 e. The molecule has 1 saturated heterocycles. The van der Waals surface area contributed by atoms with Crippen molar-refractivity contribution >= 4 is 11.6 Å². The standard InChI is InChI=1S/C11H13ClFNO2/c1-14-5-7(6-15)16-11(14)10-8(12)3-2-4-9(10)13/h2-4,7,11,15H,5-6H2,1H3. The Bertz CT molecular complexity index is 368. The van der Waals surface area contributed by atoms with Gasteiger partial charge in [-0.1, -0.05) is 17.7 Å². The van der Waals surface area contributed by atoms with Gasteiger partial charge in [0, 0.05) is 12.1 Å². The zero-order chi connectivity index (χ0) is 11.7. The first-order valence-electron chi connectivity index (χ1n) is 5.04. The Morgan fingerprint density at radius 3 is 2.94 bits per heavy atom. The molecule has 0 saturated carbocycles. The fourth-order valence-corrected chi connectivity index (χ4v) is 2.14. The number of ether oxygens (including phenoxy) is 1. The van der Waals surface area contributed by atoms with Crippen molar-refractivity contribution in [2.24, 2.45) is 0 Å². The molecule has 1 aliphatic rings. The Balaban J connectivity index is 2.31. The Morgan fingerprint density at radius 1 is 1.62 bits per heavy atom. The van der Waals surface area contributed by atoms with Crippen molar-refractivity contribution in [3.63, 3.8) is 0 Å². The largest absolute Gasteiger partial charge is 0.394 e. The fourth-order valence-electron chi connectivity index (χ4n) is 1.88. The van der Waals surface area contributed by atoms with Gasteiger partial charge >= 0.3 is 0 Å². The van der Waals surface area contributed by atoms with Crippen LogP contribution in [0.25, 0.3) is 0 Å². The lowest BCUT2D eigenvalue weighted by Crippen LogP contribution is -2.21. The van der Waals surface area contributed by atoms with E-state index in [0.717, 1.165) is 0 Å². The molecule has 1 aliphatic heterocycles. The van der Waals surface area contributed by atoms with Crippen LogP contribution in [0, 0.1) is 5.82 Å². The van der Waals surface area contributed by atoms with Gasteiger partial charge in [0.1, 0.15) is 12.0 Å². The molecule has 16 heavy (non-hydrogen) atoms. The third-order valence-corrected chi connectivity index (χ3v) is 2.99. The van der Waals surface area contributed by atoms with E-state index in [1.807, 2.05) is 11.9 Å². The first-order valence-corrected chi connectivity index (χ1v) is 5.41. The summed E-state index contributed by atoms with van der Waals surface area (Å²) >= 11 is 5.96. The molecule has 1 N–H and O–H groups in total. The molecule has 0 spiro atoms. The van der Waals surface area contributed by atoms with Crippen LogP contribution in [0.3, 0.4) is 0 Å². The second-order valence-corrected chi connectivity index (χ2v) is 4.28. The van der Waals surface area contributed by atoms with E-state index in [2.05, 4.69) is 0 Å². The maximum absolute atomic E-state index is 13.7. The number of aliphatic hydroxyl groups excluding tert-OH is 1. The maximum Gasteiger partial charge on any atom is 0.141 e. The molecule has 88 valence electrons. The van der Waals surface area contributed by atoms with E-state index >= 15 is 0 Å². The van der Waals surface area contributed by atoms with Gasteiger partial charge in [-0.3, -0.25) is 4.90 Å². The first kappa shape index (κ1) is 11.8. The van der Waals surface area contributed by atoms with Gasteiger partial charge < -0.3 is 9.84 Å². The monoisotopic (exact) mass is 245 g/mol. The Morgan fingerprint density at radius 2 is 2.38 bits per heavy atom. The number of aliphatic hydroxyl groups is 1. The van der Waals surface area contributed by atoms with E-state index in [0.29, 0.717) is 17.1 Å². The van der Waals surface area contributed by atoms with Crippen LogP contribution in [-0.4, -0.2) is 36.3 Å². The molecule has 2 atom stereocenters. The molecule has 2 rings (SSSR count). The zero-order valence-corrected chi connectivity index (χ0v) is 9.62. The van der Waals surface area contributed by atoms with Gasteiger partial charge in [0.05, 0.1) is 17.7 Å². The van der Waals surface area contributed by atoms with Gasteiger partial charge in [0.15, 0.2) is 0 Å². The van der Waals surface area contributed by atoms with Crippen molar-refractivity contribution < 1.29 is 14.2 Å².